The van der Waals surface area contributed by atoms with E-state index in [1.807, 2.05) is 30.3 Å². The topological polar surface area (TPSA) is 35.5 Å². The maximum absolute atomic E-state index is 11.9. The number of para-hydroxylation sites is 1. The summed E-state index contributed by atoms with van der Waals surface area (Å²) >= 11 is 0. The van der Waals surface area contributed by atoms with Crippen molar-refractivity contribution in [2.24, 2.45) is 0 Å². The Bertz CT molecular complexity index is 521. The van der Waals surface area contributed by atoms with Crippen LogP contribution in [0.15, 0.2) is 42.2 Å². The average Bonchev–Trinajstić information content (AvgIpc) is 2.54. The molecule has 0 aromatic heterocycles. The van der Waals surface area contributed by atoms with Crippen LogP contribution in [0.25, 0.3) is 0 Å². The molecule has 0 atom stereocenters. The van der Waals surface area contributed by atoms with Crippen LogP contribution in [0.4, 0.5) is 0 Å². The predicted molar refractivity (Wildman–Crippen MR) is 88.3 cm³/mol. The van der Waals surface area contributed by atoms with Gasteiger partial charge in [0.05, 0.1) is 6.61 Å². The second-order valence-corrected chi connectivity index (χ2v) is 4.80. The monoisotopic (exact) mass is 300 g/mol. The molecule has 0 N–H and O–H groups in total. The van der Waals surface area contributed by atoms with Gasteiger partial charge < -0.3 is 9.47 Å². The van der Waals surface area contributed by atoms with Crippen LogP contribution in [0.2, 0.25) is 0 Å². The lowest BCUT2D eigenvalue weighted by molar-refractivity contribution is -0.138. The van der Waals surface area contributed by atoms with Crippen molar-refractivity contribution in [1.29, 1.82) is 0 Å². The van der Waals surface area contributed by atoms with Crippen LogP contribution in [-0.4, -0.2) is 12.6 Å². The van der Waals surface area contributed by atoms with Crippen LogP contribution < -0.4 is 4.74 Å². The summed E-state index contributed by atoms with van der Waals surface area (Å²) in [7, 11) is 0. The SMILES string of the molecule is CCCCCCC#C/C(=C\Oc1ccccc1)C(=O)OCC. The number of rotatable bonds is 8. The molecule has 0 spiro atoms. The Labute approximate surface area is 133 Å². The van der Waals surface area contributed by atoms with E-state index < -0.39 is 5.97 Å². The first-order chi connectivity index (χ1) is 10.8. The van der Waals surface area contributed by atoms with Crippen LogP contribution in [0, 0.1) is 11.8 Å². The van der Waals surface area contributed by atoms with E-state index in [2.05, 4.69) is 18.8 Å². The van der Waals surface area contributed by atoms with Crippen LogP contribution >= 0.6 is 0 Å². The second kappa shape index (κ2) is 11.4. The number of carbonyl (C=O) groups is 1. The average molecular weight is 300 g/mol. The van der Waals surface area contributed by atoms with Gasteiger partial charge in [0.2, 0.25) is 0 Å². The summed E-state index contributed by atoms with van der Waals surface area (Å²) in [6, 6.07) is 9.27. The van der Waals surface area contributed by atoms with Crippen molar-refractivity contribution >= 4 is 5.97 Å². The molecule has 0 radical (unpaired) electrons. The lowest BCUT2D eigenvalue weighted by atomic mass is 10.1. The van der Waals surface area contributed by atoms with Gasteiger partial charge in [0, 0.05) is 6.42 Å². The Morgan fingerprint density at radius 2 is 1.91 bits per heavy atom. The van der Waals surface area contributed by atoms with Gasteiger partial charge in [-0.05, 0) is 25.5 Å². The number of hydrogen-bond acceptors (Lipinski definition) is 3. The van der Waals surface area contributed by atoms with Crippen LogP contribution in [0.3, 0.4) is 0 Å². The molecule has 0 aliphatic carbocycles. The van der Waals surface area contributed by atoms with Gasteiger partial charge in [0.15, 0.2) is 0 Å². The quantitative estimate of drug-likeness (QED) is 0.233. The Hall–Kier alpha value is -2.21. The van der Waals surface area contributed by atoms with Gasteiger partial charge in [0.25, 0.3) is 0 Å². The molecule has 0 aliphatic rings. The predicted octanol–water partition coefficient (Wildman–Crippen LogP) is 4.49. The minimum atomic E-state index is -0.445. The molecule has 0 saturated heterocycles. The molecule has 0 heterocycles. The molecular formula is C19H24O3. The second-order valence-electron chi connectivity index (χ2n) is 4.80. The van der Waals surface area contributed by atoms with E-state index in [0.717, 1.165) is 12.8 Å². The summed E-state index contributed by atoms with van der Waals surface area (Å²) in [5, 5.41) is 0. The minimum absolute atomic E-state index is 0.251. The smallest absolute Gasteiger partial charge is 0.349 e. The molecule has 0 bridgehead atoms. The van der Waals surface area contributed by atoms with Gasteiger partial charge in [-0.3, -0.25) is 0 Å². The Balaban J connectivity index is 2.63. The van der Waals surface area contributed by atoms with E-state index in [4.69, 9.17) is 9.47 Å². The van der Waals surface area contributed by atoms with Crippen LogP contribution in [0.1, 0.15) is 46.0 Å². The zero-order valence-electron chi connectivity index (χ0n) is 13.4. The summed E-state index contributed by atoms with van der Waals surface area (Å²) < 4.78 is 10.5. The fourth-order valence-electron chi connectivity index (χ4n) is 1.76. The Kier molecular flexibility index (Phi) is 9.28. The summed E-state index contributed by atoms with van der Waals surface area (Å²) in [5.74, 6) is 6.10. The largest absolute Gasteiger partial charge is 0.463 e. The molecule has 22 heavy (non-hydrogen) atoms. The third-order valence-corrected chi connectivity index (χ3v) is 2.93. The van der Waals surface area contributed by atoms with Crippen molar-refractivity contribution in [3.8, 4) is 17.6 Å². The number of carbonyl (C=O) groups excluding carboxylic acids is 1. The highest BCUT2D eigenvalue weighted by Gasteiger charge is 2.08. The Morgan fingerprint density at radius 3 is 2.59 bits per heavy atom. The molecular weight excluding hydrogens is 276 g/mol. The molecule has 1 aromatic rings. The van der Waals surface area contributed by atoms with Gasteiger partial charge in [-0.1, -0.05) is 56.2 Å². The van der Waals surface area contributed by atoms with E-state index in [9.17, 15) is 4.79 Å². The molecule has 0 saturated carbocycles. The van der Waals surface area contributed by atoms with Crippen LogP contribution in [-0.2, 0) is 9.53 Å². The maximum Gasteiger partial charge on any atom is 0.349 e. The van der Waals surface area contributed by atoms with Crippen molar-refractivity contribution in [2.45, 2.75) is 46.0 Å². The van der Waals surface area contributed by atoms with Crippen molar-refractivity contribution in [2.75, 3.05) is 6.61 Å². The number of unbranched alkanes of at least 4 members (excludes halogenated alkanes) is 4. The molecule has 3 heteroatoms. The molecule has 118 valence electrons. The molecule has 1 aromatic carbocycles. The van der Waals surface area contributed by atoms with E-state index in [0.29, 0.717) is 12.4 Å². The third kappa shape index (κ3) is 7.54. The van der Waals surface area contributed by atoms with E-state index >= 15 is 0 Å². The summed E-state index contributed by atoms with van der Waals surface area (Å²) in [6.07, 6.45) is 6.79. The summed E-state index contributed by atoms with van der Waals surface area (Å²) in [4.78, 5) is 11.9. The highest BCUT2D eigenvalue weighted by atomic mass is 16.5. The normalized spacial score (nSPS) is 10.5. The number of benzene rings is 1. The van der Waals surface area contributed by atoms with Crippen LogP contribution in [0.5, 0.6) is 5.75 Å². The molecule has 3 nitrogen and oxygen atoms in total. The van der Waals surface area contributed by atoms with E-state index in [-0.39, 0.29) is 5.57 Å². The van der Waals surface area contributed by atoms with Gasteiger partial charge in [0.1, 0.15) is 17.6 Å². The van der Waals surface area contributed by atoms with Gasteiger partial charge in [-0.25, -0.2) is 4.79 Å². The van der Waals surface area contributed by atoms with Gasteiger partial charge in [-0.2, -0.15) is 0 Å². The van der Waals surface area contributed by atoms with Crippen molar-refractivity contribution in [1.82, 2.24) is 0 Å². The maximum atomic E-state index is 11.9. The summed E-state index contributed by atoms with van der Waals surface area (Å²) in [6.45, 7) is 4.26. The fraction of sp³-hybridized carbons (Fsp3) is 0.421. The zero-order valence-corrected chi connectivity index (χ0v) is 13.4. The van der Waals surface area contributed by atoms with Gasteiger partial charge in [-0.15, -0.1) is 0 Å². The first-order valence-electron chi connectivity index (χ1n) is 7.85. The van der Waals surface area contributed by atoms with Crippen molar-refractivity contribution in [3.05, 3.63) is 42.2 Å². The zero-order chi connectivity index (χ0) is 16.0. The third-order valence-electron chi connectivity index (χ3n) is 2.93. The number of esters is 1. The molecule has 0 amide bonds. The lowest BCUT2D eigenvalue weighted by Crippen LogP contribution is -2.07. The molecule has 1 rings (SSSR count). The fourth-order valence-corrected chi connectivity index (χ4v) is 1.76. The standard InChI is InChI=1S/C19H24O3/c1-3-5-6-7-8-10-13-17(19(20)21-4-2)16-22-18-14-11-9-12-15-18/h9,11-12,14-16H,3-8H2,1-2H3/b17-16+. The number of ether oxygens (including phenoxy) is 2. The molecule has 0 unspecified atom stereocenters. The number of hydrogen-bond donors (Lipinski definition) is 0. The minimum Gasteiger partial charge on any atom is -0.463 e. The first kappa shape index (κ1) is 17.8. The van der Waals surface area contributed by atoms with Gasteiger partial charge >= 0.3 is 5.97 Å². The molecule has 0 aliphatic heterocycles. The van der Waals surface area contributed by atoms with Crippen molar-refractivity contribution in [3.63, 3.8) is 0 Å². The Morgan fingerprint density at radius 1 is 1.14 bits per heavy atom. The van der Waals surface area contributed by atoms with E-state index in [1.165, 1.54) is 25.5 Å². The lowest BCUT2D eigenvalue weighted by Gasteiger charge is -2.02. The highest BCUT2D eigenvalue weighted by molar-refractivity contribution is 5.93. The summed E-state index contributed by atoms with van der Waals surface area (Å²) in [5.41, 5.74) is 0.251. The molecule has 0 fully saturated rings. The van der Waals surface area contributed by atoms with Crippen molar-refractivity contribution < 1.29 is 14.3 Å². The first-order valence-corrected chi connectivity index (χ1v) is 7.85. The highest BCUT2D eigenvalue weighted by Crippen LogP contribution is 2.10. The van der Waals surface area contributed by atoms with E-state index in [1.54, 1.807) is 6.92 Å².